The number of hydrogen-bond acceptors (Lipinski definition) is 4. The maximum atomic E-state index is 10.9. The molecule has 2 N–H and O–H groups in total. The minimum atomic E-state index is -1.01. The van der Waals surface area contributed by atoms with Gasteiger partial charge in [0.25, 0.3) is 0 Å². The van der Waals surface area contributed by atoms with Crippen molar-refractivity contribution in [2.45, 2.75) is 51.5 Å². The number of aromatic nitrogens is 2. The molecular formula is C13H19N3O2. The Balaban J connectivity index is 2.10. The second-order valence-electron chi connectivity index (χ2n) is 4.82. The van der Waals surface area contributed by atoms with Gasteiger partial charge in [0.05, 0.1) is 0 Å². The van der Waals surface area contributed by atoms with Crippen LogP contribution < -0.4 is 5.32 Å². The van der Waals surface area contributed by atoms with Crippen LogP contribution in [0, 0.1) is 6.92 Å². The standard InChI is InChI=1S/C13H19N3O2/c1-9-14-11(13(17)18)8-12(15-9)16-10-6-4-2-3-5-7-10/h8,10H,2-7H2,1H3,(H,17,18)(H,14,15,16). The largest absolute Gasteiger partial charge is 0.477 e. The molecule has 18 heavy (non-hydrogen) atoms. The van der Waals surface area contributed by atoms with Crippen LogP contribution >= 0.6 is 0 Å². The van der Waals surface area contributed by atoms with E-state index in [0.29, 0.717) is 17.7 Å². The summed E-state index contributed by atoms with van der Waals surface area (Å²) in [6, 6.07) is 1.92. The van der Waals surface area contributed by atoms with Crippen molar-refractivity contribution in [3.8, 4) is 0 Å². The van der Waals surface area contributed by atoms with Gasteiger partial charge in [0, 0.05) is 12.1 Å². The summed E-state index contributed by atoms with van der Waals surface area (Å²) in [7, 11) is 0. The van der Waals surface area contributed by atoms with Gasteiger partial charge in [0.15, 0.2) is 5.69 Å². The van der Waals surface area contributed by atoms with Gasteiger partial charge in [-0.25, -0.2) is 14.8 Å². The number of carboxylic acids is 1. The molecule has 0 atom stereocenters. The Hall–Kier alpha value is -1.65. The summed E-state index contributed by atoms with van der Waals surface area (Å²) in [5, 5.41) is 12.3. The van der Waals surface area contributed by atoms with Gasteiger partial charge in [-0.2, -0.15) is 0 Å². The molecule has 0 aliphatic heterocycles. The number of aryl methyl sites for hydroxylation is 1. The Kier molecular flexibility index (Phi) is 4.12. The van der Waals surface area contributed by atoms with E-state index in [0.717, 1.165) is 12.8 Å². The number of aromatic carboxylic acids is 1. The molecule has 1 aliphatic carbocycles. The average Bonchev–Trinajstić information content (AvgIpc) is 2.57. The van der Waals surface area contributed by atoms with Gasteiger partial charge in [0.1, 0.15) is 11.6 Å². The fourth-order valence-electron chi connectivity index (χ4n) is 2.38. The second kappa shape index (κ2) is 5.80. The van der Waals surface area contributed by atoms with Crippen LogP contribution in [0.4, 0.5) is 5.82 Å². The number of nitrogens with zero attached hydrogens (tertiary/aromatic N) is 2. The van der Waals surface area contributed by atoms with Crippen molar-refractivity contribution in [2.24, 2.45) is 0 Å². The molecule has 0 bridgehead atoms. The number of carboxylic acid groups (broad SMARTS) is 1. The van der Waals surface area contributed by atoms with Crippen LogP contribution in [-0.4, -0.2) is 27.1 Å². The molecule has 0 unspecified atom stereocenters. The summed E-state index contributed by atoms with van der Waals surface area (Å²) in [5.74, 6) is 0.113. The van der Waals surface area contributed by atoms with E-state index in [-0.39, 0.29) is 5.69 Å². The van der Waals surface area contributed by atoms with Gasteiger partial charge >= 0.3 is 5.97 Å². The summed E-state index contributed by atoms with van der Waals surface area (Å²) >= 11 is 0. The monoisotopic (exact) mass is 249 g/mol. The number of nitrogens with one attached hydrogen (secondary N) is 1. The van der Waals surface area contributed by atoms with Crippen LogP contribution in [-0.2, 0) is 0 Å². The lowest BCUT2D eigenvalue weighted by molar-refractivity contribution is 0.0690. The minimum absolute atomic E-state index is 0.0543. The van der Waals surface area contributed by atoms with E-state index in [2.05, 4.69) is 15.3 Å². The molecule has 0 radical (unpaired) electrons. The number of anilines is 1. The lowest BCUT2D eigenvalue weighted by Gasteiger charge is -2.17. The zero-order chi connectivity index (χ0) is 13.0. The average molecular weight is 249 g/mol. The Bertz CT molecular complexity index is 426. The van der Waals surface area contributed by atoms with Crippen molar-refractivity contribution in [3.63, 3.8) is 0 Å². The van der Waals surface area contributed by atoms with Crippen LogP contribution in [0.2, 0.25) is 0 Å². The van der Waals surface area contributed by atoms with Crippen molar-refractivity contribution in [3.05, 3.63) is 17.6 Å². The van der Waals surface area contributed by atoms with Crippen LogP contribution in [0.15, 0.2) is 6.07 Å². The van der Waals surface area contributed by atoms with Crippen molar-refractivity contribution in [1.82, 2.24) is 9.97 Å². The van der Waals surface area contributed by atoms with Crippen LogP contribution in [0.1, 0.15) is 54.8 Å². The van der Waals surface area contributed by atoms with Gasteiger partial charge in [-0.15, -0.1) is 0 Å². The zero-order valence-electron chi connectivity index (χ0n) is 10.6. The Morgan fingerprint density at radius 3 is 2.56 bits per heavy atom. The molecule has 0 spiro atoms. The molecule has 2 rings (SSSR count). The van der Waals surface area contributed by atoms with Gasteiger partial charge in [0.2, 0.25) is 0 Å². The SMILES string of the molecule is Cc1nc(NC2CCCCCC2)cc(C(=O)O)n1. The van der Waals surface area contributed by atoms with Crippen LogP contribution in [0.25, 0.3) is 0 Å². The quantitative estimate of drug-likeness (QED) is 0.805. The highest BCUT2D eigenvalue weighted by atomic mass is 16.4. The molecule has 1 heterocycles. The molecule has 5 heteroatoms. The first kappa shape index (κ1) is 12.8. The molecule has 0 saturated heterocycles. The summed E-state index contributed by atoms with van der Waals surface area (Å²) < 4.78 is 0. The Labute approximate surface area is 107 Å². The summed E-state index contributed by atoms with van der Waals surface area (Å²) in [6.45, 7) is 1.71. The third-order valence-corrected chi connectivity index (χ3v) is 3.26. The summed E-state index contributed by atoms with van der Waals surface area (Å²) in [6.07, 6.45) is 7.31. The number of hydrogen-bond donors (Lipinski definition) is 2. The van der Waals surface area contributed by atoms with Crippen molar-refractivity contribution < 1.29 is 9.90 Å². The molecule has 0 aromatic carbocycles. The van der Waals surface area contributed by atoms with Gasteiger partial charge in [-0.05, 0) is 19.8 Å². The normalized spacial score (nSPS) is 17.2. The van der Waals surface area contributed by atoms with Crippen molar-refractivity contribution >= 4 is 11.8 Å². The second-order valence-corrected chi connectivity index (χ2v) is 4.82. The molecule has 5 nitrogen and oxygen atoms in total. The fourth-order valence-corrected chi connectivity index (χ4v) is 2.38. The number of carbonyl (C=O) groups is 1. The summed E-state index contributed by atoms with van der Waals surface area (Å²) in [4.78, 5) is 19.1. The molecule has 98 valence electrons. The highest BCUT2D eigenvalue weighted by molar-refractivity contribution is 5.86. The van der Waals surface area contributed by atoms with E-state index in [1.54, 1.807) is 6.92 Å². The topological polar surface area (TPSA) is 75.1 Å². The van der Waals surface area contributed by atoms with Crippen molar-refractivity contribution in [2.75, 3.05) is 5.32 Å². The van der Waals surface area contributed by atoms with E-state index in [1.165, 1.54) is 31.7 Å². The van der Waals surface area contributed by atoms with Gasteiger partial charge in [-0.1, -0.05) is 25.7 Å². The maximum absolute atomic E-state index is 10.9. The highest BCUT2D eigenvalue weighted by Gasteiger charge is 2.14. The molecule has 1 aliphatic rings. The first-order valence-electron chi connectivity index (χ1n) is 6.50. The van der Waals surface area contributed by atoms with Gasteiger partial charge < -0.3 is 10.4 Å². The predicted octanol–water partition coefficient (Wildman–Crippen LogP) is 2.62. The number of rotatable bonds is 3. The predicted molar refractivity (Wildman–Crippen MR) is 68.8 cm³/mol. The molecule has 1 fully saturated rings. The molecule has 1 aromatic rings. The minimum Gasteiger partial charge on any atom is -0.477 e. The van der Waals surface area contributed by atoms with E-state index in [4.69, 9.17) is 5.11 Å². The lowest BCUT2D eigenvalue weighted by atomic mass is 10.1. The summed E-state index contributed by atoms with van der Waals surface area (Å²) in [5.41, 5.74) is 0.0543. The van der Waals surface area contributed by atoms with E-state index in [1.807, 2.05) is 0 Å². The van der Waals surface area contributed by atoms with E-state index < -0.39 is 5.97 Å². The van der Waals surface area contributed by atoms with Crippen LogP contribution in [0.5, 0.6) is 0 Å². The smallest absolute Gasteiger partial charge is 0.354 e. The molecule has 1 aromatic heterocycles. The third kappa shape index (κ3) is 3.42. The van der Waals surface area contributed by atoms with E-state index >= 15 is 0 Å². The molecular weight excluding hydrogens is 230 g/mol. The maximum Gasteiger partial charge on any atom is 0.354 e. The van der Waals surface area contributed by atoms with Gasteiger partial charge in [-0.3, -0.25) is 0 Å². The molecule has 1 saturated carbocycles. The fraction of sp³-hybridized carbons (Fsp3) is 0.615. The Morgan fingerprint density at radius 1 is 1.28 bits per heavy atom. The highest BCUT2D eigenvalue weighted by Crippen LogP contribution is 2.20. The first-order chi connectivity index (χ1) is 8.65. The Morgan fingerprint density at radius 2 is 1.94 bits per heavy atom. The lowest BCUT2D eigenvalue weighted by Crippen LogP contribution is -2.20. The van der Waals surface area contributed by atoms with Crippen LogP contribution in [0.3, 0.4) is 0 Å². The molecule has 0 amide bonds. The van der Waals surface area contributed by atoms with Crippen molar-refractivity contribution in [1.29, 1.82) is 0 Å². The zero-order valence-corrected chi connectivity index (χ0v) is 10.6. The first-order valence-corrected chi connectivity index (χ1v) is 6.50. The third-order valence-electron chi connectivity index (χ3n) is 3.26. The van der Waals surface area contributed by atoms with E-state index in [9.17, 15) is 4.79 Å².